The third kappa shape index (κ3) is 7.05. The van der Waals surface area contributed by atoms with Crippen molar-refractivity contribution < 1.29 is 14.7 Å². The lowest BCUT2D eigenvalue weighted by molar-refractivity contribution is -0.130. The van der Waals surface area contributed by atoms with Gasteiger partial charge in [0, 0.05) is 31.9 Å². The number of amides is 2. The molecule has 4 rings (SSSR count). The molecule has 1 aliphatic carbocycles. The van der Waals surface area contributed by atoms with Crippen molar-refractivity contribution in [2.24, 2.45) is 11.8 Å². The molecule has 0 saturated carbocycles. The van der Waals surface area contributed by atoms with Gasteiger partial charge in [-0.25, -0.2) is 0 Å². The van der Waals surface area contributed by atoms with E-state index in [0.29, 0.717) is 32.6 Å². The van der Waals surface area contributed by atoms with E-state index in [9.17, 15) is 14.7 Å². The Kier molecular flexibility index (Phi) is 8.42. The lowest BCUT2D eigenvalue weighted by atomic mass is 9.87. The fraction of sp³-hybridized carbons (Fsp3) is 0.500. The summed E-state index contributed by atoms with van der Waals surface area (Å²) in [7, 11) is 4.04. The van der Waals surface area contributed by atoms with Gasteiger partial charge in [0.25, 0.3) is 0 Å². The number of likely N-dealkylation sites (tertiary alicyclic amines) is 1. The zero-order valence-corrected chi connectivity index (χ0v) is 20.9. The molecular weight excluding hydrogens is 440 g/mol. The van der Waals surface area contributed by atoms with Crippen LogP contribution in [0.4, 0.5) is 5.69 Å². The highest BCUT2D eigenvalue weighted by molar-refractivity contribution is 5.93. The average molecular weight is 479 g/mol. The number of carbonyl (C=O) groups is 2. The van der Waals surface area contributed by atoms with Crippen LogP contribution in [0.2, 0.25) is 0 Å². The Morgan fingerprint density at radius 2 is 1.71 bits per heavy atom. The SMILES string of the molecule is CN(C)CCCNC(=O)[C@H]1C[C@@H](C(=O)Nc2ccc3c(c2)CCC3)CN(Cc2ccc(O)cc2)C1. The molecule has 1 heterocycles. The topological polar surface area (TPSA) is 84.9 Å². The molecule has 0 bridgehead atoms. The zero-order chi connectivity index (χ0) is 24.8. The Balaban J connectivity index is 1.42. The Morgan fingerprint density at radius 3 is 2.46 bits per heavy atom. The summed E-state index contributed by atoms with van der Waals surface area (Å²) in [6, 6.07) is 13.3. The monoisotopic (exact) mass is 478 g/mol. The molecule has 2 amide bonds. The lowest BCUT2D eigenvalue weighted by Crippen LogP contribution is -2.49. The van der Waals surface area contributed by atoms with Crippen molar-refractivity contribution >= 4 is 17.5 Å². The van der Waals surface area contributed by atoms with Gasteiger partial charge in [-0.05, 0) is 93.7 Å². The van der Waals surface area contributed by atoms with E-state index in [4.69, 9.17) is 0 Å². The Labute approximate surface area is 208 Å². The molecule has 2 aromatic carbocycles. The summed E-state index contributed by atoms with van der Waals surface area (Å²) in [4.78, 5) is 30.6. The first-order valence-corrected chi connectivity index (χ1v) is 12.7. The van der Waals surface area contributed by atoms with Gasteiger partial charge in [-0.3, -0.25) is 14.5 Å². The van der Waals surface area contributed by atoms with Crippen molar-refractivity contribution in [1.29, 1.82) is 0 Å². The van der Waals surface area contributed by atoms with Gasteiger partial charge in [-0.15, -0.1) is 0 Å². The number of aryl methyl sites for hydroxylation is 2. The second kappa shape index (κ2) is 11.7. The predicted molar refractivity (Wildman–Crippen MR) is 138 cm³/mol. The normalized spacial score (nSPS) is 20.0. The molecule has 0 radical (unpaired) electrons. The fourth-order valence-electron chi connectivity index (χ4n) is 5.20. The maximum atomic E-state index is 13.3. The van der Waals surface area contributed by atoms with Gasteiger partial charge in [0.05, 0.1) is 11.8 Å². The van der Waals surface area contributed by atoms with Gasteiger partial charge >= 0.3 is 0 Å². The molecule has 7 nitrogen and oxygen atoms in total. The van der Waals surface area contributed by atoms with E-state index in [1.54, 1.807) is 12.1 Å². The highest BCUT2D eigenvalue weighted by atomic mass is 16.3. The van der Waals surface area contributed by atoms with Gasteiger partial charge in [-0.2, -0.15) is 0 Å². The minimum Gasteiger partial charge on any atom is -0.508 e. The number of nitrogens with one attached hydrogen (secondary N) is 2. The number of phenolic OH excluding ortho intramolecular Hbond substituents is 1. The van der Waals surface area contributed by atoms with Crippen molar-refractivity contribution in [1.82, 2.24) is 15.1 Å². The van der Waals surface area contributed by atoms with Crippen molar-refractivity contribution in [3.05, 3.63) is 59.2 Å². The van der Waals surface area contributed by atoms with E-state index in [1.165, 1.54) is 17.5 Å². The maximum absolute atomic E-state index is 13.3. The maximum Gasteiger partial charge on any atom is 0.228 e. The van der Waals surface area contributed by atoms with Crippen LogP contribution in [-0.4, -0.2) is 67.0 Å². The Bertz CT molecular complexity index is 1020. The number of fused-ring (bicyclic) bond motifs is 1. The number of phenols is 1. The minimum absolute atomic E-state index is 0.0227. The molecule has 2 aliphatic rings. The summed E-state index contributed by atoms with van der Waals surface area (Å²) in [5.74, 6) is -0.283. The second-order valence-electron chi connectivity index (χ2n) is 10.3. The summed E-state index contributed by atoms with van der Waals surface area (Å²) in [6.07, 6.45) is 4.79. The van der Waals surface area contributed by atoms with Crippen LogP contribution in [0.3, 0.4) is 0 Å². The number of carbonyl (C=O) groups excluding carboxylic acids is 2. The van der Waals surface area contributed by atoms with E-state index in [1.807, 2.05) is 32.3 Å². The first-order valence-electron chi connectivity index (χ1n) is 12.7. The number of benzene rings is 2. The molecule has 1 fully saturated rings. The van der Waals surface area contributed by atoms with Crippen molar-refractivity contribution in [3.8, 4) is 5.75 Å². The molecule has 0 spiro atoms. The van der Waals surface area contributed by atoms with Gasteiger partial charge in [0.2, 0.25) is 11.8 Å². The molecule has 2 aromatic rings. The number of hydrogen-bond acceptors (Lipinski definition) is 5. The van der Waals surface area contributed by atoms with Gasteiger partial charge in [0.15, 0.2) is 0 Å². The molecule has 0 unspecified atom stereocenters. The number of nitrogens with zero attached hydrogens (tertiary/aromatic N) is 2. The summed E-state index contributed by atoms with van der Waals surface area (Å²) < 4.78 is 0. The van der Waals surface area contributed by atoms with Crippen LogP contribution in [0.25, 0.3) is 0 Å². The van der Waals surface area contributed by atoms with E-state index in [-0.39, 0.29) is 29.4 Å². The highest BCUT2D eigenvalue weighted by Gasteiger charge is 2.35. The lowest BCUT2D eigenvalue weighted by Gasteiger charge is -2.36. The summed E-state index contributed by atoms with van der Waals surface area (Å²) in [5.41, 5.74) is 4.60. The summed E-state index contributed by atoms with van der Waals surface area (Å²) in [5, 5.41) is 15.8. The minimum atomic E-state index is -0.272. The molecule has 188 valence electrons. The highest BCUT2D eigenvalue weighted by Crippen LogP contribution is 2.28. The van der Waals surface area contributed by atoms with Crippen molar-refractivity contribution in [3.63, 3.8) is 0 Å². The number of piperidine rings is 1. The van der Waals surface area contributed by atoms with Crippen LogP contribution >= 0.6 is 0 Å². The van der Waals surface area contributed by atoms with Crippen LogP contribution in [0.1, 0.15) is 36.0 Å². The zero-order valence-electron chi connectivity index (χ0n) is 20.9. The molecule has 1 aliphatic heterocycles. The molecule has 0 aromatic heterocycles. The van der Waals surface area contributed by atoms with Crippen LogP contribution in [-0.2, 0) is 29.0 Å². The van der Waals surface area contributed by atoms with Gasteiger partial charge in [0.1, 0.15) is 5.75 Å². The van der Waals surface area contributed by atoms with E-state index in [0.717, 1.165) is 37.1 Å². The van der Waals surface area contributed by atoms with Gasteiger partial charge < -0.3 is 20.6 Å². The first-order chi connectivity index (χ1) is 16.9. The third-order valence-corrected chi connectivity index (χ3v) is 7.06. The summed E-state index contributed by atoms with van der Waals surface area (Å²) >= 11 is 0. The van der Waals surface area contributed by atoms with Crippen molar-refractivity contribution in [2.45, 2.75) is 38.6 Å². The number of rotatable bonds is 9. The molecule has 1 saturated heterocycles. The molecular formula is C28H38N4O3. The fourth-order valence-corrected chi connectivity index (χ4v) is 5.20. The molecule has 2 atom stereocenters. The van der Waals surface area contributed by atoms with E-state index >= 15 is 0 Å². The van der Waals surface area contributed by atoms with Crippen LogP contribution in [0, 0.1) is 11.8 Å². The molecule has 7 heteroatoms. The second-order valence-corrected chi connectivity index (χ2v) is 10.3. The Morgan fingerprint density at radius 1 is 1.00 bits per heavy atom. The smallest absolute Gasteiger partial charge is 0.228 e. The predicted octanol–water partition coefficient (Wildman–Crippen LogP) is 3.03. The number of hydrogen-bond donors (Lipinski definition) is 3. The quantitative estimate of drug-likeness (QED) is 0.483. The third-order valence-electron chi connectivity index (χ3n) is 7.06. The molecule has 3 N–H and O–H groups in total. The van der Waals surface area contributed by atoms with E-state index in [2.05, 4.69) is 32.6 Å². The standard InChI is InChI=1S/C28H38N4O3/c1-31(2)14-4-13-29-27(34)23-15-24(19-32(18-23)17-20-7-11-26(33)12-8-20)28(35)30-25-10-9-21-5-3-6-22(21)16-25/h7-12,16,23-24,33H,3-6,13-15,17-19H2,1-2H3,(H,29,34)(H,30,35)/t23-,24+/m0/s1. The molecule has 35 heavy (non-hydrogen) atoms. The van der Waals surface area contributed by atoms with Crippen LogP contribution in [0.15, 0.2) is 42.5 Å². The van der Waals surface area contributed by atoms with Crippen molar-refractivity contribution in [2.75, 3.05) is 45.6 Å². The van der Waals surface area contributed by atoms with Crippen LogP contribution in [0.5, 0.6) is 5.75 Å². The summed E-state index contributed by atoms with van der Waals surface area (Å²) in [6.45, 7) is 3.40. The Hall–Kier alpha value is -2.90. The van der Waals surface area contributed by atoms with Crippen LogP contribution < -0.4 is 10.6 Å². The average Bonchev–Trinajstić information content (AvgIpc) is 3.31. The van der Waals surface area contributed by atoms with Gasteiger partial charge in [-0.1, -0.05) is 18.2 Å². The number of anilines is 1. The van der Waals surface area contributed by atoms with E-state index < -0.39 is 0 Å². The number of aromatic hydroxyl groups is 1. The first kappa shape index (κ1) is 25.2. The largest absolute Gasteiger partial charge is 0.508 e.